The van der Waals surface area contributed by atoms with E-state index in [0.29, 0.717) is 5.75 Å². The van der Waals surface area contributed by atoms with Gasteiger partial charge in [-0.1, -0.05) is 60.7 Å². The molecule has 0 saturated heterocycles. The van der Waals surface area contributed by atoms with Crippen molar-refractivity contribution in [3.63, 3.8) is 0 Å². The number of amides is 2. The minimum absolute atomic E-state index is 0.0288. The van der Waals surface area contributed by atoms with Crippen LogP contribution in [0.2, 0.25) is 0 Å². The van der Waals surface area contributed by atoms with Crippen molar-refractivity contribution >= 4 is 33.2 Å². The molecular weight excluding hydrogens is 632 g/mol. The molecular formula is C36H40N4O7S. The lowest BCUT2D eigenvalue weighted by atomic mass is 10.0. The third-order valence-corrected chi connectivity index (χ3v) is 9.68. The molecule has 0 aliphatic carbocycles. The molecule has 0 aliphatic heterocycles. The van der Waals surface area contributed by atoms with E-state index in [9.17, 15) is 28.1 Å². The van der Waals surface area contributed by atoms with Crippen LogP contribution >= 0.6 is 0 Å². The van der Waals surface area contributed by atoms with E-state index in [1.807, 2.05) is 75.4 Å². The molecule has 0 aromatic heterocycles. The van der Waals surface area contributed by atoms with Gasteiger partial charge in [-0.05, 0) is 74.7 Å². The topological polar surface area (TPSA) is 139 Å². The van der Waals surface area contributed by atoms with Crippen molar-refractivity contribution in [2.24, 2.45) is 0 Å². The molecule has 48 heavy (non-hydrogen) atoms. The van der Waals surface area contributed by atoms with Crippen LogP contribution in [0.4, 0.5) is 11.4 Å². The zero-order valence-electron chi connectivity index (χ0n) is 27.6. The van der Waals surface area contributed by atoms with Gasteiger partial charge in [-0.2, -0.15) is 0 Å². The normalized spacial score (nSPS) is 11.9. The Bertz CT molecular complexity index is 1860. The fourth-order valence-corrected chi connectivity index (χ4v) is 6.69. The zero-order chi connectivity index (χ0) is 35.0. The first-order valence-corrected chi connectivity index (χ1v) is 16.9. The number of carbonyl (C=O) groups excluding carboxylic acids is 2. The summed E-state index contributed by atoms with van der Waals surface area (Å²) >= 11 is 0. The summed E-state index contributed by atoms with van der Waals surface area (Å²) in [5.74, 6) is -0.564. The number of nitrogens with one attached hydrogen (secondary N) is 1. The number of ether oxygens (including phenoxy) is 1. The highest BCUT2D eigenvalue weighted by Crippen LogP contribution is 2.30. The van der Waals surface area contributed by atoms with Crippen LogP contribution in [0.25, 0.3) is 0 Å². The molecule has 0 aliphatic rings. The Labute approximate surface area is 281 Å². The summed E-state index contributed by atoms with van der Waals surface area (Å²) in [6.07, 6.45) is 0.177. The quantitative estimate of drug-likeness (QED) is 0.136. The molecule has 2 amide bonds. The fourth-order valence-electron chi connectivity index (χ4n) is 5.26. The van der Waals surface area contributed by atoms with Gasteiger partial charge in [0.05, 0.1) is 22.6 Å². The molecule has 4 rings (SSSR count). The Morgan fingerprint density at radius 2 is 1.54 bits per heavy atom. The van der Waals surface area contributed by atoms with Gasteiger partial charge in [0.1, 0.15) is 18.3 Å². The number of nitro groups is 1. The number of anilines is 1. The first-order chi connectivity index (χ1) is 22.8. The van der Waals surface area contributed by atoms with Crippen LogP contribution in [-0.2, 0) is 32.6 Å². The Hall–Kier alpha value is -5.23. The fraction of sp³-hybridized carbons (Fsp3) is 0.278. The highest BCUT2D eigenvalue weighted by Gasteiger charge is 2.35. The molecule has 0 radical (unpaired) electrons. The van der Waals surface area contributed by atoms with Gasteiger partial charge in [0.25, 0.3) is 15.7 Å². The predicted octanol–water partition coefficient (Wildman–Crippen LogP) is 5.58. The van der Waals surface area contributed by atoms with E-state index in [-0.39, 0.29) is 46.7 Å². The molecule has 4 aromatic carbocycles. The minimum Gasteiger partial charge on any atom is -0.497 e. The molecule has 12 heteroatoms. The summed E-state index contributed by atoms with van der Waals surface area (Å²) in [6, 6.07) is 25.2. The first kappa shape index (κ1) is 35.6. The number of nitrogens with zero attached hydrogens (tertiary/aromatic N) is 3. The van der Waals surface area contributed by atoms with Crippen LogP contribution < -0.4 is 14.4 Å². The lowest BCUT2D eigenvalue weighted by Gasteiger charge is -2.34. The van der Waals surface area contributed by atoms with Gasteiger partial charge >= 0.3 is 0 Å². The number of benzene rings is 4. The van der Waals surface area contributed by atoms with Gasteiger partial charge in [0, 0.05) is 30.6 Å². The second kappa shape index (κ2) is 15.6. The van der Waals surface area contributed by atoms with Crippen molar-refractivity contribution in [2.45, 2.75) is 57.6 Å². The summed E-state index contributed by atoms with van der Waals surface area (Å²) in [7, 11) is -3.07. The number of rotatable bonds is 14. The molecule has 4 aromatic rings. The van der Waals surface area contributed by atoms with Crippen LogP contribution in [0.15, 0.2) is 102 Å². The van der Waals surface area contributed by atoms with Crippen molar-refractivity contribution in [3.8, 4) is 5.75 Å². The second-order valence-corrected chi connectivity index (χ2v) is 13.6. The Balaban J connectivity index is 1.85. The van der Waals surface area contributed by atoms with Crippen molar-refractivity contribution in [2.75, 3.05) is 18.0 Å². The van der Waals surface area contributed by atoms with E-state index in [1.54, 1.807) is 12.1 Å². The van der Waals surface area contributed by atoms with Gasteiger partial charge in [0.15, 0.2) is 0 Å². The van der Waals surface area contributed by atoms with Crippen LogP contribution in [0.5, 0.6) is 5.75 Å². The molecule has 0 bridgehead atoms. The van der Waals surface area contributed by atoms with Crippen molar-refractivity contribution in [1.29, 1.82) is 0 Å². The van der Waals surface area contributed by atoms with E-state index < -0.39 is 33.4 Å². The van der Waals surface area contributed by atoms with Gasteiger partial charge in [0.2, 0.25) is 11.8 Å². The van der Waals surface area contributed by atoms with Crippen LogP contribution in [0.1, 0.15) is 36.1 Å². The Kier molecular flexibility index (Phi) is 11.6. The number of hydrogen-bond donors (Lipinski definition) is 1. The summed E-state index contributed by atoms with van der Waals surface area (Å²) in [5.41, 5.74) is 2.55. The van der Waals surface area contributed by atoms with Gasteiger partial charge in [-0.25, -0.2) is 8.42 Å². The molecule has 0 fully saturated rings. The molecule has 0 heterocycles. The van der Waals surface area contributed by atoms with Crippen LogP contribution in [-0.4, -0.2) is 55.8 Å². The summed E-state index contributed by atoms with van der Waals surface area (Å²) in [5, 5.41) is 14.7. The monoisotopic (exact) mass is 672 g/mol. The molecule has 11 nitrogen and oxygen atoms in total. The predicted molar refractivity (Wildman–Crippen MR) is 184 cm³/mol. The Morgan fingerprint density at radius 1 is 0.896 bits per heavy atom. The molecule has 1 N–H and O–H groups in total. The third kappa shape index (κ3) is 8.56. The maximum atomic E-state index is 14.6. The van der Waals surface area contributed by atoms with Crippen LogP contribution in [0.3, 0.4) is 0 Å². The third-order valence-electron chi connectivity index (χ3n) is 7.91. The van der Waals surface area contributed by atoms with E-state index >= 15 is 0 Å². The van der Waals surface area contributed by atoms with E-state index in [4.69, 9.17) is 4.74 Å². The maximum absolute atomic E-state index is 14.6. The number of nitro benzene ring substituents is 1. The standard InChI is InChI=1S/C36H40N4O7S/c1-25(2)37-36(42)34(21-28-12-7-6-8-13-28)38(23-29-14-10-9-11-26(29)3)35(41)24-39(30-16-18-31(47-5)19-17-30)48(45,46)32-20-15-27(4)33(22-32)40(43)44/h6-20,22,25,34H,21,23-24H2,1-5H3,(H,37,42)/t34-/m1/s1. The lowest BCUT2D eigenvalue weighted by Crippen LogP contribution is -2.54. The highest BCUT2D eigenvalue weighted by atomic mass is 32.2. The Morgan fingerprint density at radius 3 is 2.15 bits per heavy atom. The molecule has 0 spiro atoms. The number of carbonyl (C=O) groups is 2. The highest BCUT2D eigenvalue weighted by molar-refractivity contribution is 7.92. The SMILES string of the molecule is COc1ccc(N(CC(=O)N(Cc2ccccc2C)[C@H](Cc2ccccc2)C(=O)NC(C)C)S(=O)(=O)c2ccc(C)c([N+](=O)[O-])c2)cc1. The largest absolute Gasteiger partial charge is 0.497 e. The van der Waals surface area contributed by atoms with E-state index in [2.05, 4.69) is 5.32 Å². The van der Waals surface area contributed by atoms with Gasteiger partial charge in [-0.3, -0.25) is 24.0 Å². The number of hydrogen-bond acceptors (Lipinski definition) is 7. The second-order valence-electron chi connectivity index (χ2n) is 11.7. The van der Waals surface area contributed by atoms with Gasteiger partial charge in [-0.15, -0.1) is 0 Å². The molecule has 1 atom stereocenters. The van der Waals surface area contributed by atoms with Crippen molar-refractivity contribution < 1.29 is 27.7 Å². The lowest BCUT2D eigenvalue weighted by molar-refractivity contribution is -0.385. The van der Waals surface area contributed by atoms with Crippen molar-refractivity contribution in [1.82, 2.24) is 10.2 Å². The van der Waals surface area contributed by atoms with Gasteiger partial charge < -0.3 is 15.0 Å². The van der Waals surface area contributed by atoms with Crippen LogP contribution in [0, 0.1) is 24.0 Å². The minimum atomic E-state index is -4.54. The first-order valence-electron chi connectivity index (χ1n) is 15.4. The summed E-state index contributed by atoms with van der Waals surface area (Å²) < 4.78 is 34.8. The number of sulfonamides is 1. The average Bonchev–Trinajstić information content (AvgIpc) is 3.06. The average molecular weight is 673 g/mol. The summed E-state index contributed by atoms with van der Waals surface area (Å²) in [6.45, 7) is 6.39. The molecule has 252 valence electrons. The molecule has 0 unspecified atom stereocenters. The summed E-state index contributed by atoms with van der Waals surface area (Å²) in [4.78, 5) is 40.6. The molecule has 0 saturated carbocycles. The van der Waals surface area contributed by atoms with E-state index in [0.717, 1.165) is 27.1 Å². The zero-order valence-corrected chi connectivity index (χ0v) is 28.4. The smallest absolute Gasteiger partial charge is 0.273 e. The number of aryl methyl sites for hydroxylation is 2. The number of methoxy groups -OCH3 is 1. The maximum Gasteiger partial charge on any atom is 0.273 e. The van der Waals surface area contributed by atoms with E-state index in [1.165, 1.54) is 43.2 Å². The van der Waals surface area contributed by atoms with Crippen molar-refractivity contribution in [3.05, 3.63) is 129 Å².